The molecule has 0 amide bonds. The van der Waals surface area contributed by atoms with Gasteiger partial charge in [0, 0.05) is 6.07 Å². The van der Waals surface area contributed by atoms with E-state index in [2.05, 4.69) is 4.98 Å². The Labute approximate surface area is 130 Å². The number of pyridine rings is 1. The Morgan fingerprint density at radius 2 is 1.90 bits per heavy atom. The molecular formula is C14H15ClN2O3S. The first-order valence-corrected chi connectivity index (χ1v) is 7.81. The Bertz CT molecular complexity index is 679. The highest BCUT2D eigenvalue weighted by atomic mass is 35.5. The Hall–Kier alpha value is -1.79. The van der Waals surface area contributed by atoms with Gasteiger partial charge in [-0.25, -0.2) is 17.7 Å². The Morgan fingerprint density at radius 3 is 2.43 bits per heavy atom. The van der Waals surface area contributed by atoms with Crippen molar-refractivity contribution < 1.29 is 13.2 Å². The average Bonchev–Trinajstić information content (AvgIpc) is 2.42. The second-order valence-corrected chi connectivity index (χ2v) is 5.81. The lowest BCUT2D eigenvalue weighted by atomic mass is 10.3. The molecule has 0 aliphatic heterocycles. The molecule has 0 aliphatic carbocycles. The SMILES string of the molecule is CC(C)Oc1ccc(N(c2ccccc2Cl)[SH](=O)=O)cn1. The van der Waals surface area contributed by atoms with Crippen LogP contribution in [-0.2, 0) is 10.9 Å². The number of aromatic nitrogens is 1. The molecule has 0 radical (unpaired) electrons. The summed E-state index contributed by atoms with van der Waals surface area (Å²) in [5.74, 6) is 0.439. The Kier molecular flexibility index (Phi) is 5.03. The maximum atomic E-state index is 11.6. The van der Waals surface area contributed by atoms with Gasteiger partial charge < -0.3 is 4.74 Å². The molecule has 5 nitrogen and oxygen atoms in total. The van der Waals surface area contributed by atoms with E-state index >= 15 is 0 Å². The summed E-state index contributed by atoms with van der Waals surface area (Å²) in [7, 11) is -2.89. The summed E-state index contributed by atoms with van der Waals surface area (Å²) in [5, 5.41) is 0.346. The molecule has 1 aromatic heterocycles. The fraction of sp³-hybridized carbons (Fsp3) is 0.214. The Balaban J connectivity index is 2.38. The van der Waals surface area contributed by atoms with Gasteiger partial charge in [0.15, 0.2) is 0 Å². The molecule has 0 saturated heterocycles. The molecule has 0 unspecified atom stereocenters. The fourth-order valence-corrected chi connectivity index (χ4v) is 2.69. The van der Waals surface area contributed by atoms with Gasteiger partial charge in [-0.2, -0.15) is 0 Å². The van der Waals surface area contributed by atoms with Crippen LogP contribution in [0.5, 0.6) is 5.88 Å². The highest BCUT2D eigenvalue weighted by Gasteiger charge is 2.15. The number of hydrogen-bond acceptors (Lipinski definition) is 4. The van der Waals surface area contributed by atoms with Crippen molar-refractivity contribution in [2.24, 2.45) is 0 Å². The molecule has 0 bridgehead atoms. The Morgan fingerprint density at radius 1 is 1.19 bits per heavy atom. The minimum atomic E-state index is -2.89. The van der Waals surface area contributed by atoms with Gasteiger partial charge in [0.25, 0.3) is 0 Å². The number of hydrogen-bond donors (Lipinski definition) is 1. The zero-order chi connectivity index (χ0) is 15.4. The van der Waals surface area contributed by atoms with E-state index in [-0.39, 0.29) is 6.10 Å². The molecule has 0 aliphatic rings. The number of halogens is 1. The van der Waals surface area contributed by atoms with E-state index in [1.54, 1.807) is 36.4 Å². The van der Waals surface area contributed by atoms with Crippen LogP contribution in [0.25, 0.3) is 0 Å². The first-order valence-electron chi connectivity index (χ1n) is 6.30. The molecule has 2 aromatic rings. The van der Waals surface area contributed by atoms with Crippen LogP contribution in [0, 0.1) is 0 Å². The van der Waals surface area contributed by atoms with Crippen molar-refractivity contribution in [2.45, 2.75) is 20.0 Å². The van der Waals surface area contributed by atoms with E-state index in [0.717, 1.165) is 4.31 Å². The summed E-state index contributed by atoms with van der Waals surface area (Å²) in [5.41, 5.74) is 0.782. The van der Waals surface area contributed by atoms with E-state index in [0.29, 0.717) is 22.3 Å². The smallest absolute Gasteiger partial charge is 0.229 e. The van der Waals surface area contributed by atoms with Crippen molar-refractivity contribution in [2.75, 3.05) is 4.31 Å². The van der Waals surface area contributed by atoms with Gasteiger partial charge in [0.1, 0.15) is 0 Å². The van der Waals surface area contributed by atoms with Crippen molar-refractivity contribution in [1.29, 1.82) is 0 Å². The topological polar surface area (TPSA) is 59.5 Å². The molecule has 2 rings (SSSR count). The molecule has 1 heterocycles. The largest absolute Gasteiger partial charge is 0.475 e. The van der Waals surface area contributed by atoms with Gasteiger partial charge in [0.2, 0.25) is 16.8 Å². The minimum Gasteiger partial charge on any atom is -0.475 e. The van der Waals surface area contributed by atoms with Crippen LogP contribution in [0.1, 0.15) is 13.8 Å². The third kappa shape index (κ3) is 3.86. The van der Waals surface area contributed by atoms with Crippen LogP contribution in [-0.4, -0.2) is 19.5 Å². The first kappa shape index (κ1) is 15.6. The quantitative estimate of drug-likeness (QED) is 0.857. The highest BCUT2D eigenvalue weighted by molar-refractivity contribution is 7.74. The predicted octanol–water partition coefficient (Wildman–Crippen LogP) is 3.19. The number of ether oxygens (including phenoxy) is 1. The van der Waals surface area contributed by atoms with Crippen LogP contribution in [0.3, 0.4) is 0 Å². The van der Waals surface area contributed by atoms with E-state index in [1.807, 2.05) is 13.8 Å². The predicted molar refractivity (Wildman–Crippen MR) is 83.9 cm³/mol. The van der Waals surface area contributed by atoms with Gasteiger partial charge in [-0.3, -0.25) is 0 Å². The van der Waals surface area contributed by atoms with Crippen molar-refractivity contribution in [3.05, 3.63) is 47.6 Å². The summed E-state index contributed by atoms with van der Waals surface area (Å²) in [6.45, 7) is 3.78. The molecule has 0 saturated carbocycles. The molecule has 112 valence electrons. The lowest BCUT2D eigenvalue weighted by Crippen LogP contribution is -2.15. The van der Waals surface area contributed by atoms with Gasteiger partial charge >= 0.3 is 0 Å². The molecule has 0 atom stereocenters. The average molecular weight is 327 g/mol. The summed E-state index contributed by atoms with van der Waals surface area (Å²) < 4.78 is 29.7. The van der Waals surface area contributed by atoms with E-state index < -0.39 is 10.9 Å². The van der Waals surface area contributed by atoms with E-state index in [1.165, 1.54) is 6.20 Å². The van der Waals surface area contributed by atoms with E-state index in [4.69, 9.17) is 16.3 Å². The number of anilines is 2. The lowest BCUT2D eigenvalue weighted by Gasteiger charge is -2.19. The second kappa shape index (κ2) is 6.78. The third-order valence-electron chi connectivity index (χ3n) is 2.57. The zero-order valence-electron chi connectivity index (χ0n) is 11.6. The first-order chi connectivity index (χ1) is 9.99. The number of para-hydroxylation sites is 1. The second-order valence-electron chi connectivity index (χ2n) is 4.52. The number of thiol groups is 1. The van der Waals surface area contributed by atoms with Crippen molar-refractivity contribution in [1.82, 2.24) is 4.98 Å². The molecule has 0 spiro atoms. The van der Waals surface area contributed by atoms with Crippen molar-refractivity contribution >= 4 is 33.9 Å². The molecule has 0 N–H and O–H groups in total. The van der Waals surface area contributed by atoms with Crippen LogP contribution < -0.4 is 9.04 Å². The summed E-state index contributed by atoms with van der Waals surface area (Å²) in [4.78, 5) is 4.10. The van der Waals surface area contributed by atoms with Crippen LogP contribution >= 0.6 is 11.6 Å². The fourth-order valence-electron chi connectivity index (χ4n) is 1.75. The maximum absolute atomic E-state index is 11.6. The molecule has 0 fully saturated rings. The number of nitrogens with zero attached hydrogens (tertiary/aromatic N) is 2. The maximum Gasteiger partial charge on any atom is 0.229 e. The van der Waals surface area contributed by atoms with Crippen LogP contribution in [0.4, 0.5) is 11.4 Å². The number of benzene rings is 1. The number of rotatable bonds is 5. The zero-order valence-corrected chi connectivity index (χ0v) is 13.2. The van der Waals surface area contributed by atoms with Crippen molar-refractivity contribution in [3.8, 4) is 5.88 Å². The van der Waals surface area contributed by atoms with E-state index in [9.17, 15) is 8.42 Å². The summed E-state index contributed by atoms with van der Waals surface area (Å²) in [6.07, 6.45) is 1.44. The van der Waals surface area contributed by atoms with Crippen LogP contribution in [0.15, 0.2) is 42.6 Å². The molecule has 21 heavy (non-hydrogen) atoms. The molecular weight excluding hydrogens is 312 g/mol. The third-order valence-corrected chi connectivity index (χ3v) is 3.66. The standard InChI is InChI=1S/C14H15ClN2O3S/c1-10(2)20-14-8-7-11(9-16-14)17(21(18)19)13-6-4-3-5-12(13)15/h3-10,21H,1-2H3. The molecule has 1 aromatic carbocycles. The summed E-state index contributed by atoms with van der Waals surface area (Å²) in [6, 6.07) is 9.96. The van der Waals surface area contributed by atoms with Crippen LogP contribution in [0.2, 0.25) is 5.02 Å². The van der Waals surface area contributed by atoms with Gasteiger partial charge in [-0.15, -0.1) is 0 Å². The highest BCUT2D eigenvalue weighted by Crippen LogP contribution is 2.31. The summed E-state index contributed by atoms with van der Waals surface area (Å²) >= 11 is 6.06. The molecule has 7 heteroatoms. The van der Waals surface area contributed by atoms with Crippen molar-refractivity contribution in [3.63, 3.8) is 0 Å². The van der Waals surface area contributed by atoms with Gasteiger partial charge in [0.05, 0.1) is 28.7 Å². The minimum absolute atomic E-state index is 0.000777. The lowest BCUT2D eigenvalue weighted by molar-refractivity contribution is 0.232. The van der Waals surface area contributed by atoms with Gasteiger partial charge in [-0.1, -0.05) is 23.7 Å². The monoisotopic (exact) mass is 326 g/mol. The van der Waals surface area contributed by atoms with Gasteiger partial charge in [-0.05, 0) is 32.0 Å². The normalized spacial score (nSPS) is 10.9.